The summed E-state index contributed by atoms with van der Waals surface area (Å²) in [6.07, 6.45) is 0. The Morgan fingerprint density at radius 3 is 2.80 bits per heavy atom. The number of aromatic nitrogens is 2. The van der Waals surface area contributed by atoms with Crippen molar-refractivity contribution in [2.75, 3.05) is 11.1 Å². The summed E-state index contributed by atoms with van der Waals surface area (Å²) in [6, 6.07) is 13.2. The molecule has 0 saturated heterocycles. The van der Waals surface area contributed by atoms with E-state index in [1.54, 1.807) is 30.3 Å². The molecule has 9 heteroatoms. The molecule has 128 valence electrons. The van der Waals surface area contributed by atoms with Crippen LogP contribution in [0.3, 0.4) is 0 Å². The van der Waals surface area contributed by atoms with Crippen molar-refractivity contribution < 1.29 is 23.5 Å². The maximum atomic E-state index is 13.7. The molecule has 2 aromatic carbocycles. The summed E-state index contributed by atoms with van der Waals surface area (Å²) in [7, 11) is 0. The third-order valence-corrected chi connectivity index (χ3v) is 4.63. The fourth-order valence-corrected chi connectivity index (χ4v) is 3.09. The van der Waals surface area contributed by atoms with Crippen LogP contribution < -0.4 is 15.1 Å². The van der Waals surface area contributed by atoms with E-state index in [1.165, 1.54) is 16.8 Å². The van der Waals surface area contributed by atoms with E-state index in [-0.39, 0.29) is 16.5 Å². The third-order valence-electron chi connectivity index (χ3n) is 3.12. The first-order valence-electron chi connectivity index (χ1n) is 7.07. The van der Waals surface area contributed by atoms with Crippen LogP contribution in [0, 0.1) is 5.82 Å². The van der Waals surface area contributed by atoms with E-state index in [1.807, 2.05) is 6.07 Å². The molecule has 1 amide bonds. The number of hydrogen-bond acceptors (Lipinski definition) is 5. The summed E-state index contributed by atoms with van der Waals surface area (Å²) in [4.78, 5) is 12.0. The van der Waals surface area contributed by atoms with E-state index in [2.05, 4.69) is 31.0 Å². The monoisotopic (exact) mass is 423 g/mol. The fraction of sp³-hybridized carbons (Fsp3) is 0.0625. The third kappa shape index (κ3) is 4.18. The molecule has 0 spiro atoms. The van der Waals surface area contributed by atoms with Gasteiger partial charge in [-0.05, 0) is 34.6 Å². The number of amides is 1. The molecular formula is C16H11BrFN3O3S. The Bertz CT molecular complexity index is 905. The fourth-order valence-electron chi connectivity index (χ4n) is 2.01. The van der Waals surface area contributed by atoms with Crippen LogP contribution in [0.25, 0.3) is 5.69 Å². The number of hydrogen-bond donors (Lipinski definition) is 1. The second-order valence-corrected chi connectivity index (χ2v) is 6.75. The Morgan fingerprint density at radius 2 is 2.08 bits per heavy atom. The van der Waals surface area contributed by atoms with E-state index < -0.39 is 17.7 Å². The molecule has 1 N–H and O–H groups in total. The Balaban J connectivity index is 1.70. The average Bonchev–Trinajstić information content (AvgIpc) is 2.97. The largest absolute Gasteiger partial charge is 0.538 e. The first-order chi connectivity index (χ1) is 12.0. The molecular weight excluding hydrogens is 413 g/mol. The highest BCUT2D eigenvalue weighted by atomic mass is 79.9. The summed E-state index contributed by atoms with van der Waals surface area (Å²) in [6.45, 7) is 0. The van der Waals surface area contributed by atoms with Gasteiger partial charge in [-0.1, -0.05) is 34.1 Å². The van der Waals surface area contributed by atoms with Gasteiger partial charge in [0.15, 0.2) is 5.95 Å². The van der Waals surface area contributed by atoms with Gasteiger partial charge < -0.3 is 14.9 Å². The van der Waals surface area contributed by atoms with E-state index in [4.69, 9.17) is 0 Å². The van der Waals surface area contributed by atoms with Gasteiger partial charge in [0.1, 0.15) is 5.82 Å². The van der Waals surface area contributed by atoms with Crippen molar-refractivity contribution in [2.24, 2.45) is 0 Å². The molecule has 1 heterocycles. The normalized spacial score (nSPS) is 10.6. The highest BCUT2D eigenvalue weighted by molar-refractivity contribution is 9.10. The van der Waals surface area contributed by atoms with Gasteiger partial charge in [0.2, 0.25) is 11.6 Å². The van der Waals surface area contributed by atoms with Gasteiger partial charge in [-0.15, -0.1) is 0 Å². The summed E-state index contributed by atoms with van der Waals surface area (Å²) in [5, 5.41) is 18.1. The van der Waals surface area contributed by atoms with Crippen molar-refractivity contribution in [1.82, 2.24) is 5.27 Å². The van der Waals surface area contributed by atoms with Crippen LogP contribution in [-0.2, 0) is 4.79 Å². The molecule has 0 aliphatic carbocycles. The maximum Gasteiger partial charge on any atom is 0.298 e. The molecule has 25 heavy (non-hydrogen) atoms. The Hall–Kier alpha value is -2.39. The SMILES string of the molecule is O=C(CSc1c([O-])on[n+]1-c1ccccc1)Nc1ccc(Br)cc1F. The predicted octanol–water partition coefficient (Wildman–Crippen LogP) is 2.66. The molecule has 0 saturated carbocycles. The van der Waals surface area contributed by atoms with Crippen LogP contribution in [0.2, 0.25) is 0 Å². The van der Waals surface area contributed by atoms with Gasteiger partial charge in [-0.25, -0.2) is 4.39 Å². The Kier molecular flexibility index (Phi) is 5.34. The molecule has 0 bridgehead atoms. The zero-order valence-corrected chi connectivity index (χ0v) is 15.0. The molecule has 0 aliphatic rings. The number of carbonyl (C=O) groups is 1. The second-order valence-electron chi connectivity index (χ2n) is 4.87. The second kappa shape index (κ2) is 7.66. The predicted molar refractivity (Wildman–Crippen MR) is 90.9 cm³/mol. The number of benzene rings is 2. The average molecular weight is 424 g/mol. The van der Waals surface area contributed by atoms with Gasteiger partial charge in [-0.2, -0.15) is 0 Å². The van der Waals surface area contributed by atoms with Crippen LogP contribution in [-0.4, -0.2) is 16.9 Å². The van der Waals surface area contributed by atoms with Crippen LogP contribution in [0.5, 0.6) is 5.95 Å². The van der Waals surface area contributed by atoms with Crippen molar-refractivity contribution >= 4 is 39.3 Å². The molecule has 0 radical (unpaired) electrons. The molecule has 3 rings (SSSR count). The van der Waals surface area contributed by atoms with Gasteiger partial charge in [0.25, 0.3) is 5.03 Å². The standard InChI is InChI=1S/C16H11BrFN3O3S/c17-10-6-7-13(12(18)8-10)19-14(22)9-25-15-16(23)24-20-21(15)11-4-2-1-3-5-11/h1-8H,9H2,(H-,19,20,22,23). The molecule has 6 nitrogen and oxygen atoms in total. The topological polar surface area (TPSA) is 82.1 Å². The van der Waals surface area contributed by atoms with Crippen molar-refractivity contribution in [3.05, 3.63) is 58.8 Å². The van der Waals surface area contributed by atoms with Crippen LogP contribution >= 0.6 is 27.7 Å². The number of thioether (sulfide) groups is 1. The quantitative estimate of drug-likeness (QED) is 0.503. The van der Waals surface area contributed by atoms with Gasteiger partial charge in [0.05, 0.1) is 16.7 Å². The maximum absolute atomic E-state index is 13.7. The van der Waals surface area contributed by atoms with Crippen LogP contribution in [0.1, 0.15) is 0 Å². The molecule has 1 aromatic heterocycles. The lowest BCUT2D eigenvalue weighted by molar-refractivity contribution is -0.705. The van der Waals surface area contributed by atoms with Gasteiger partial charge in [0, 0.05) is 16.6 Å². The minimum absolute atomic E-state index is 0.0670. The van der Waals surface area contributed by atoms with Crippen molar-refractivity contribution in [1.29, 1.82) is 0 Å². The summed E-state index contributed by atoms with van der Waals surface area (Å²) in [5.74, 6) is -1.75. The Morgan fingerprint density at radius 1 is 1.32 bits per heavy atom. The number of rotatable bonds is 5. The van der Waals surface area contributed by atoms with Crippen molar-refractivity contribution in [3.8, 4) is 11.6 Å². The number of halogens is 2. The zero-order valence-electron chi connectivity index (χ0n) is 12.6. The number of carbonyl (C=O) groups excluding carboxylic acids is 1. The minimum Gasteiger partial charge on any atom is -0.538 e. The van der Waals surface area contributed by atoms with Crippen LogP contribution in [0.15, 0.2) is 62.6 Å². The Labute approximate surface area is 154 Å². The van der Waals surface area contributed by atoms with Crippen molar-refractivity contribution in [3.63, 3.8) is 0 Å². The lowest BCUT2D eigenvalue weighted by Crippen LogP contribution is -2.35. The van der Waals surface area contributed by atoms with E-state index in [0.717, 1.165) is 11.8 Å². The van der Waals surface area contributed by atoms with Crippen LogP contribution in [0.4, 0.5) is 10.1 Å². The molecule has 0 aliphatic heterocycles. The molecule has 0 fully saturated rings. The van der Waals surface area contributed by atoms with E-state index in [9.17, 15) is 14.3 Å². The first kappa shape index (κ1) is 17.4. The van der Waals surface area contributed by atoms with Gasteiger partial charge >= 0.3 is 0 Å². The highest BCUT2D eigenvalue weighted by Gasteiger charge is 2.22. The summed E-state index contributed by atoms with van der Waals surface area (Å²) < 4.78 is 20.3. The zero-order chi connectivity index (χ0) is 17.8. The summed E-state index contributed by atoms with van der Waals surface area (Å²) in [5.41, 5.74) is 0.701. The highest BCUT2D eigenvalue weighted by Crippen LogP contribution is 2.24. The molecule has 0 atom stereocenters. The van der Waals surface area contributed by atoms with E-state index >= 15 is 0 Å². The van der Waals surface area contributed by atoms with Crippen molar-refractivity contribution in [2.45, 2.75) is 5.03 Å². The smallest absolute Gasteiger partial charge is 0.298 e. The lowest BCUT2D eigenvalue weighted by Gasteiger charge is -2.05. The first-order valence-corrected chi connectivity index (χ1v) is 8.84. The van der Waals surface area contributed by atoms with E-state index in [0.29, 0.717) is 10.2 Å². The van der Waals surface area contributed by atoms with Gasteiger partial charge in [-0.3, -0.25) is 4.79 Å². The summed E-state index contributed by atoms with van der Waals surface area (Å²) >= 11 is 4.11. The number of nitrogens with one attached hydrogen (secondary N) is 1. The number of anilines is 1. The molecule has 3 aromatic rings. The molecule has 0 unspecified atom stereocenters. The number of para-hydroxylation sites is 1. The minimum atomic E-state index is -0.642. The lowest BCUT2D eigenvalue weighted by atomic mass is 10.3. The number of nitrogens with zero attached hydrogens (tertiary/aromatic N) is 2.